The van der Waals surface area contributed by atoms with Crippen molar-refractivity contribution in [3.63, 3.8) is 0 Å². The summed E-state index contributed by atoms with van der Waals surface area (Å²) < 4.78 is 0. The Morgan fingerprint density at radius 3 is 1.17 bits per heavy atom. The Kier molecular flexibility index (Phi) is 19.6. The maximum Gasteiger partial charge on any atom is 2.00 e. The Hall–Kier alpha value is -2.44. The standard InChI is InChI=1S/2C21H23.C3H6.2ClH.Zr/c2*1-4-16-8-10-18(11-9-16)20-7-5-6-19-13-17(12-15(2)3)14-21(19)20;1-3-2;;;/h2*5-11,13-15H,4,12H2,1-3H3;1-3H2;2*1H;/q2*-1;-2;;;+2/p-2. The fraction of sp³-hybridized carbons (Fsp3) is 0.289. The van der Waals surface area contributed by atoms with Crippen LogP contribution < -0.4 is 24.8 Å². The van der Waals surface area contributed by atoms with Gasteiger partial charge in [0.25, 0.3) is 0 Å². The molecule has 0 aromatic heterocycles. The molecule has 0 bridgehead atoms. The fourth-order valence-electron chi connectivity index (χ4n) is 6.12. The van der Waals surface area contributed by atoms with E-state index in [4.69, 9.17) is 0 Å². The molecule has 6 aromatic carbocycles. The number of aryl methyl sites for hydroxylation is 2. The largest absolute Gasteiger partial charge is 2.00 e. The third-order valence-corrected chi connectivity index (χ3v) is 8.26. The maximum absolute atomic E-state index is 3.38. The Balaban J connectivity index is 0.000000420. The third kappa shape index (κ3) is 11.9. The SMILES string of the molecule is CCc1ccc(-c2cccc3[cH-]c(CC(C)C)cc23)cc1.CCc1ccc(-c2cccc3[cH-]c(CC(C)C)cc23)cc1.[CH2-]C[CH2-].[Cl-].[Cl-].[Zr+2]. The van der Waals surface area contributed by atoms with E-state index in [0.29, 0.717) is 11.8 Å². The second-order valence-corrected chi connectivity index (χ2v) is 13.0. The van der Waals surface area contributed by atoms with Crippen LogP contribution in [-0.2, 0) is 51.9 Å². The van der Waals surface area contributed by atoms with E-state index in [-0.39, 0.29) is 51.0 Å². The summed E-state index contributed by atoms with van der Waals surface area (Å²) in [7, 11) is 0. The zero-order valence-corrected chi connectivity index (χ0v) is 33.7. The number of benzene rings is 4. The van der Waals surface area contributed by atoms with Crippen LogP contribution in [0.1, 0.15) is 70.2 Å². The first kappa shape index (κ1) is 43.6. The molecule has 0 unspecified atom stereocenters. The van der Waals surface area contributed by atoms with Crippen molar-refractivity contribution in [1.29, 1.82) is 0 Å². The third-order valence-electron chi connectivity index (χ3n) is 8.26. The Morgan fingerprint density at radius 2 is 0.875 bits per heavy atom. The molecular formula is C45H52Cl2Zr-4. The molecule has 0 N–H and O–H groups in total. The first-order valence-corrected chi connectivity index (χ1v) is 16.9. The van der Waals surface area contributed by atoms with Crippen molar-refractivity contribution >= 4 is 21.5 Å². The number of fused-ring (bicyclic) bond motifs is 2. The summed E-state index contributed by atoms with van der Waals surface area (Å²) >= 11 is 0. The maximum atomic E-state index is 3.38. The molecule has 6 aromatic rings. The minimum atomic E-state index is 0. The summed E-state index contributed by atoms with van der Waals surface area (Å²) in [6, 6.07) is 40.7. The van der Waals surface area contributed by atoms with Crippen LogP contribution in [0.3, 0.4) is 0 Å². The van der Waals surface area contributed by atoms with Crippen LogP contribution in [0.5, 0.6) is 0 Å². The molecule has 254 valence electrons. The smallest absolute Gasteiger partial charge is 1.00 e. The van der Waals surface area contributed by atoms with Gasteiger partial charge in [0.2, 0.25) is 0 Å². The quantitative estimate of drug-likeness (QED) is 0.147. The summed E-state index contributed by atoms with van der Waals surface area (Å²) in [6.07, 6.45) is 5.25. The van der Waals surface area contributed by atoms with Gasteiger partial charge in [-0.1, -0.05) is 113 Å². The average molecular weight is 755 g/mol. The molecule has 0 atom stereocenters. The van der Waals surface area contributed by atoms with Crippen molar-refractivity contribution in [3.8, 4) is 22.3 Å². The van der Waals surface area contributed by atoms with Gasteiger partial charge in [-0.05, 0) is 59.8 Å². The predicted octanol–water partition coefficient (Wildman–Crippen LogP) is 7.02. The van der Waals surface area contributed by atoms with Crippen molar-refractivity contribution < 1.29 is 51.0 Å². The van der Waals surface area contributed by atoms with E-state index in [9.17, 15) is 0 Å². The van der Waals surface area contributed by atoms with Crippen LogP contribution in [0.25, 0.3) is 43.8 Å². The van der Waals surface area contributed by atoms with Gasteiger partial charge in [-0.2, -0.15) is 12.1 Å². The first-order valence-electron chi connectivity index (χ1n) is 16.9. The van der Waals surface area contributed by atoms with E-state index in [2.05, 4.69) is 165 Å². The minimum Gasteiger partial charge on any atom is -1.00 e. The topological polar surface area (TPSA) is 0 Å². The molecule has 0 nitrogen and oxygen atoms in total. The molecule has 48 heavy (non-hydrogen) atoms. The van der Waals surface area contributed by atoms with Crippen molar-refractivity contribution in [2.75, 3.05) is 0 Å². The summed E-state index contributed by atoms with van der Waals surface area (Å²) in [5, 5.41) is 5.50. The van der Waals surface area contributed by atoms with Crippen molar-refractivity contribution in [1.82, 2.24) is 0 Å². The van der Waals surface area contributed by atoms with Gasteiger partial charge in [0.1, 0.15) is 0 Å². The summed E-state index contributed by atoms with van der Waals surface area (Å²) in [5.74, 6) is 1.41. The van der Waals surface area contributed by atoms with E-state index in [1.54, 1.807) is 0 Å². The summed E-state index contributed by atoms with van der Waals surface area (Å²) in [4.78, 5) is 0. The number of hydrogen-bond acceptors (Lipinski definition) is 0. The van der Waals surface area contributed by atoms with Gasteiger partial charge < -0.3 is 45.1 Å². The van der Waals surface area contributed by atoms with E-state index in [1.165, 1.54) is 66.1 Å². The minimum absolute atomic E-state index is 0. The monoisotopic (exact) mass is 752 g/mol. The molecule has 0 aliphatic rings. The van der Waals surface area contributed by atoms with Crippen LogP contribution in [0.15, 0.2) is 109 Å². The van der Waals surface area contributed by atoms with Crippen LogP contribution in [0, 0.1) is 25.7 Å². The molecule has 0 fully saturated rings. The van der Waals surface area contributed by atoms with Gasteiger partial charge in [-0.25, -0.2) is 0 Å². The van der Waals surface area contributed by atoms with Crippen LogP contribution >= 0.6 is 0 Å². The molecule has 0 aliphatic carbocycles. The molecule has 6 rings (SSSR count). The van der Waals surface area contributed by atoms with Gasteiger partial charge >= 0.3 is 26.2 Å². The molecular weight excluding hydrogens is 703 g/mol. The summed E-state index contributed by atoms with van der Waals surface area (Å²) in [6.45, 7) is 20.3. The second-order valence-electron chi connectivity index (χ2n) is 13.0. The fourth-order valence-corrected chi connectivity index (χ4v) is 6.12. The molecule has 0 spiro atoms. The average Bonchev–Trinajstić information content (AvgIpc) is 3.64. The van der Waals surface area contributed by atoms with E-state index < -0.39 is 0 Å². The first-order chi connectivity index (χ1) is 21.8. The Bertz CT molecular complexity index is 1620. The Morgan fingerprint density at radius 1 is 0.542 bits per heavy atom. The Labute approximate surface area is 323 Å². The van der Waals surface area contributed by atoms with Gasteiger partial charge in [0, 0.05) is 0 Å². The molecule has 0 aliphatic heterocycles. The van der Waals surface area contributed by atoms with E-state index in [0.717, 1.165) is 32.1 Å². The van der Waals surface area contributed by atoms with Gasteiger partial charge in [-0.3, -0.25) is 0 Å². The molecule has 0 amide bonds. The second kappa shape index (κ2) is 21.6. The van der Waals surface area contributed by atoms with E-state index >= 15 is 0 Å². The molecule has 0 heterocycles. The predicted molar refractivity (Wildman–Crippen MR) is 201 cm³/mol. The normalized spacial score (nSPS) is 10.4. The van der Waals surface area contributed by atoms with E-state index in [1.807, 2.05) is 0 Å². The number of rotatable bonds is 8. The van der Waals surface area contributed by atoms with Crippen molar-refractivity contribution in [2.45, 2.75) is 73.6 Å². The number of hydrogen-bond donors (Lipinski definition) is 0. The zero-order valence-electron chi connectivity index (χ0n) is 29.8. The van der Waals surface area contributed by atoms with Gasteiger partial charge in [0.05, 0.1) is 0 Å². The van der Waals surface area contributed by atoms with Crippen LogP contribution in [-0.4, -0.2) is 0 Å². The molecule has 3 heteroatoms. The molecule has 0 saturated heterocycles. The van der Waals surface area contributed by atoms with Crippen molar-refractivity contribution in [2.24, 2.45) is 11.8 Å². The number of halogens is 2. The van der Waals surface area contributed by atoms with Crippen LogP contribution in [0.4, 0.5) is 0 Å². The summed E-state index contributed by atoms with van der Waals surface area (Å²) in [5.41, 5.74) is 11.0. The van der Waals surface area contributed by atoms with Crippen LogP contribution in [0.2, 0.25) is 0 Å². The van der Waals surface area contributed by atoms with Gasteiger partial charge in [-0.15, -0.1) is 69.1 Å². The molecule has 0 radical (unpaired) electrons. The zero-order chi connectivity index (χ0) is 32.3. The van der Waals surface area contributed by atoms with Crippen molar-refractivity contribution in [3.05, 3.63) is 145 Å². The molecule has 0 saturated carbocycles. The van der Waals surface area contributed by atoms with Gasteiger partial charge in [0.15, 0.2) is 0 Å².